The largest absolute Gasteiger partial charge is 0.476 e. The second-order valence-corrected chi connectivity index (χ2v) is 8.13. The van der Waals surface area contributed by atoms with Crippen LogP contribution in [0.5, 0.6) is 5.75 Å². The molecule has 0 spiro atoms. The van der Waals surface area contributed by atoms with E-state index in [4.69, 9.17) is 9.47 Å². The molecule has 182 valence electrons. The number of rotatable bonds is 9. The predicted molar refractivity (Wildman–Crippen MR) is 120 cm³/mol. The molecule has 7 nitrogen and oxygen atoms in total. The zero-order chi connectivity index (χ0) is 24.9. The molecule has 1 N–H and O–H groups in total. The van der Waals surface area contributed by atoms with E-state index in [1.165, 1.54) is 12.1 Å². The van der Waals surface area contributed by atoms with Crippen molar-refractivity contribution < 1.29 is 27.4 Å². The molecule has 0 amide bonds. The minimum absolute atomic E-state index is 0.285. The molecule has 1 aromatic heterocycles. The summed E-state index contributed by atoms with van der Waals surface area (Å²) in [6, 6.07) is 12.1. The number of aryl methyl sites for hydroxylation is 1. The molecule has 3 aromatic rings. The van der Waals surface area contributed by atoms with Crippen LogP contribution in [0.15, 0.2) is 48.5 Å². The minimum Gasteiger partial charge on any atom is -0.476 e. The maximum atomic E-state index is 12.8. The Morgan fingerprint density at radius 3 is 2.26 bits per heavy atom. The lowest BCUT2D eigenvalue weighted by molar-refractivity contribution is -0.158. The van der Waals surface area contributed by atoms with Crippen LogP contribution in [0.4, 0.5) is 13.2 Å². The predicted octanol–water partition coefficient (Wildman–Crippen LogP) is 4.51. The molecule has 0 aliphatic rings. The number of halogens is 3. The summed E-state index contributed by atoms with van der Waals surface area (Å²) in [7, 11) is 1.73. The highest BCUT2D eigenvalue weighted by molar-refractivity contribution is 5.79. The molecule has 0 aliphatic carbocycles. The van der Waals surface area contributed by atoms with Crippen molar-refractivity contribution in [1.82, 2.24) is 20.1 Å². The van der Waals surface area contributed by atoms with E-state index >= 15 is 0 Å². The maximum Gasteiger partial charge on any atom is 0.416 e. The zero-order valence-corrected chi connectivity index (χ0v) is 19.4. The number of benzene rings is 2. The molecular weight excluding hydrogens is 449 g/mol. The Hall–Kier alpha value is -3.40. The highest BCUT2D eigenvalue weighted by Gasteiger charge is 2.31. The third-order valence-electron chi connectivity index (χ3n) is 5.00. The second kappa shape index (κ2) is 10.3. The summed E-state index contributed by atoms with van der Waals surface area (Å²) in [5.74, 6) is 1.13. The van der Waals surface area contributed by atoms with E-state index in [0.717, 1.165) is 17.7 Å². The van der Waals surface area contributed by atoms with Crippen LogP contribution in [0.2, 0.25) is 0 Å². The lowest BCUT2D eigenvalue weighted by Gasteiger charge is -2.24. The van der Waals surface area contributed by atoms with Crippen molar-refractivity contribution >= 4 is 5.97 Å². The van der Waals surface area contributed by atoms with Gasteiger partial charge in [0.1, 0.15) is 11.6 Å². The van der Waals surface area contributed by atoms with Gasteiger partial charge in [0, 0.05) is 19.2 Å². The Balaban J connectivity index is 1.56. The van der Waals surface area contributed by atoms with E-state index in [0.29, 0.717) is 36.1 Å². The number of esters is 1. The Morgan fingerprint density at radius 1 is 1.03 bits per heavy atom. The SMILES string of the molecule is CCOC(=O)C(C)(C)Oc1ccc(CNCc2nc(-c3ccc(C(F)(F)F)cc3)nn2C)cc1. The van der Waals surface area contributed by atoms with Gasteiger partial charge >= 0.3 is 12.1 Å². The molecule has 0 saturated heterocycles. The lowest BCUT2D eigenvalue weighted by Crippen LogP contribution is -2.39. The molecular formula is C24H27F3N4O3. The van der Waals surface area contributed by atoms with Crippen LogP contribution in [0.3, 0.4) is 0 Å². The Bertz CT molecular complexity index is 1110. The van der Waals surface area contributed by atoms with E-state index in [2.05, 4.69) is 15.4 Å². The van der Waals surface area contributed by atoms with Crippen LogP contribution < -0.4 is 10.1 Å². The molecule has 0 bridgehead atoms. The number of ether oxygens (including phenoxy) is 2. The summed E-state index contributed by atoms with van der Waals surface area (Å²) in [5.41, 5.74) is -0.302. The average Bonchev–Trinajstić information content (AvgIpc) is 3.15. The fraction of sp³-hybridized carbons (Fsp3) is 0.375. The number of carbonyl (C=O) groups excluding carboxylic acids is 1. The lowest BCUT2D eigenvalue weighted by atomic mass is 10.1. The number of hydrogen-bond donors (Lipinski definition) is 1. The number of hydrogen-bond acceptors (Lipinski definition) is 6. The number of nitrogens with one attached hydrogen (secondary N) is 1. The van der Waals surface area contributed by atoms with Crippen molar-refractivity contribution in [2.24, 2.45) is 7.05 Å². The van der Waals surface area contributed by atoms with Crippen LogP contribution >= 0.6 is 0 Å². The second-order valence-electron chi connectivity index (χ2n) is 8.13. The third-order valence-corrected chi connectivity index (χ3v) is 5.00. The first-order valence-corrected chi connectivity index (χ1v) is 10.7. The van der Waals surface area contributed by atoms with Gasteiger partial charge in [-0.3, -0.25) is 4.68 Å². The fourth-order valence-corrected chi connectivity index (χ4v) is 3.14. The fourth-order valence-electron chi connectivity index (χ4n) is 3.14. The monoisotopic (exact) mass is 476 g/mol. The van der Waals surface area contributed by atoms with Gasteiger partial charge in [0.25, 0.3) is 0 Å². The van der Waals surface area contributed by atoms with Crippen molar-refractivity contribution in [2.45, 2.75) is 45.6 Å². The third kappa shape index (κ3) is 6.34. The Morgan fingerprint density at radius 2 is 1.68 bits per heavy atom. The van der Waals surface area contributed by atoms with E-state index < -0.39 is 23.3 Å². The van der Waals surface area contributed by atoms with Crippen molar-refractivity contribution in [1.29, 1.82) is 0 Å². The number of carbonyl (C=O) groups is 1. The first-order chi connectivity index (χ1) is 16.0. The molecule has 0 aliphatic heterocycles. The summed E-state index contributed by atoms with van der Waals surface area (Å²) in [6.45, 7) is 6.29. The number of nitrogens with zero attached hydrogens (tertiary/aromatic N) is 3. The molecule has 10 heteroatoms. The highest BCUT2D eigenvalue weighted by Crippen LogP contribution is 2.30. The first-order valence-electron chi connectivity index (χ1n) is 10.7. The van der Waals surface area contributed by atoms with Gasteiger partial charge in [-0.05, 0) is 50.6 Å². The first kappa shape index (κ1) is 25.2. The van der Waals surface area contributed by atoms with Crippen LogP contribution in [-0.2, 0) is 35.8 Å². The number of alkyl halides is 3. The van der Waals surface area contributed by atoms with Crippen LogP contribution in [0.25, 0.3) is 11.4 Å². The van der Waals surface area contributed by atoms with Gasteiger partial charge in [-0.2, -0.15) is 18.3 Å². The number of aromatic nitrogens is 3. The summed E-state index contributed by atoms with van der Waals surface area (Å²) in [4.78, 5) is 16.4. The van der Waals surface area contributed by atoms with Gasteiger partial charge in [-0.25, -0.2) is 9.78 Å². The zero-order valence-electron chi connectivity index (χ0n) is 19.4. The normalized spacial score (nSPS) is 12.0. The molecule has 34 heavy (non-hydrogen) atoms. The summed E-state index contributed by atoms with van der Waals surface area (Å²) < 4.78 is 50.6. The summed E-state index contributed by atoms with van der Waals surface area (Å²) in [5, 5.41) is 7.57. The molecule has 1 heterocycles. The molecule has 0 atom stereocenters. The van der Waals surface area contributed by atoms with Crippen molar-refractivity contribution in [3.63, 3.8) is 0 Å². The Kier molecular flexibility index (Phi) is 7.61. The van der Waals surface area contributed by atoms with E-state index in [1.54, 1.807) is 44.6 Å². The average molecular weight is 476 g/mol. The smallest absolute Gasteiger partial charge is 0.416 e. The quantitative estimate of drug-likeness (QED) is 0.458. The molecule has 2 aromatic carbocycles. The van der Waals surface area contributed by atoms with Crippen LogP contribution in [0, 0.1) is 0 Å². The standard InChI is InChI=1S/C24H27F3N4O3/c1-5-33-22(32)23(2,3)34-19-12-6-16(7-13-19)14-28-15-20-29-21(30-31(20)4)17-8-10-18(11-9-17)24(25,26)27/h6-13,28H,5,14-15H2,1-4H3. The van der Waals surface area contributed by atoms with Gasteiger partial charge in [0.15, 0.2) is 11.4 Å². The minimum atomic E-state index is -4.38. The summed E-state index contributed by atoms with van der Waals surface area (Å²) in [6.07, 6.45) is -4.38. The molecule has 0 unspecified atom stereocenters. The van der Waals surface area contributed by atoms with Crippen molar-refractivity contribution in [2.75, 3.05) is 6.61 Å². The van der Waals surface area contributed by atoms with E-state index in [-0.39, 0.29) is 6.61 Å². The Labute approximate surface area is 195 Å². The van der Waals surface area contributed by atoms with Crippen molar-refractivity contribution in [3.05, 3.63) is 65.5 Å². The molecule has 0 saturated carbocycles. The van der Waals surface area contributed by atoms with Crippen LogP contribution in [0.1, 0.15) is 37.7 Å². The summed E-state index contributed by atoms with van der Waals surface area (Å²) >= 11 is 0. The van der Waals surface area contributed by atoms with E-state index in [9.17, 15) is 18.0 Å². The highest BCUT2D eigenvalue weighted by atomic mass is 19.4. The molecule has 3 rings (SSSR count). The van der Waals surface area contributed by atoms with Gasteiger partial charge in [-0.1, -0.05) is 24.3 Å². The molecule has 0 radical (unpaired) electrons. The van der Waals surface area contributed by atoms with E-state index in [1.807, 2.05) is 12.1 Å². The maximum absolute atomic E-state index is 12.8. The van der Waals surface area contributed by atoms with Crippen LogP contribution in [-0.4, -0.2) is 32.9 Å². The van der Waals surface area contributed by atoms with Gasteiger partial charge < -0.3 is 14.8 Å². The van der Waals surface area contributed by atoms with Gasteiger partial charge in [-0.15, -0.1) is 0 Å². The van der Waals surface area contributed by atoms with Gasteiger partial charge in [0.2, 0.25) is 0 Å². The topological polar surface area (TPSA) is 78.3 Å². The van der Waals surface area contributed by atoms with Gasteiger partial charge in [0.05, 0.1) is 18.7 Å². The molecule has 0 fully saturated rings. The van der Waals surface area contributed by atoms with Crippen molar-refractivity contribution in [3.8, 4) is 17.1 Å².